The van der Waals surface area contributed by atoms with Gasteiger partial charge in [-0.25, -0.2) is 4.68 Å². The van der Waals surface area contributed by atoms with Crippen LogP contribution in [0.3, 0.4) is 0 Å². The Bertz CT molecular complexity index is 754. The van der Waals surface area contributed by atoms with Crippen LogP contribution in [0.1, 0.15) is 30.1 Å². The first kappa shape index (κ1) is 17.2. The summed E-state index contributed by atoms with van der Waals surface area (Å²) in [7, 11) is 1.57. The number of amides is 1. The van der Waals surface area contributed by atoms with E-state index in [1.807, 2.05) is 13.0 Å². The molecule has 8 nitrogen and oxygen atoms in total. The Morgan fingerprint density at radius 2 is 2.24 bits per heavy atom. The minimum Gasteiger partial charge on any atom is -0.495 e. The van der Waals surface area contributed by atoms with E-state index < -0.39 is 0 Å². The lowest BCUT2D eigenvalue weighted by Crippen LogP contribution is -2.42. The van der Waals surface area contributed by atoms with Crippen molar-refractivity contribution in [2.24, 2.45) is 5.92 Å². The van der Waals surface area contributed by atoms with Crippen LogP contribution in [0.4, 0.5) is 5.82 Å². The molecule has 1 saturated carbocycles. The van der Waals surface area contributed by atoms with Gasteiger partial charge in [0.2, 0.25) is 5.91 Å². The smallest absolute Gasteiger partial charge is 0.242 e. The molecule has 1 fully saturated rings. The van der Waals surface area contributed by atoms with Crippen LogP contribution in [-0.2, 0) is 11.3 Å². The third-order valence-electron chi connectivity index (χ3n) is 4.49. The highest BCUT2D eigenvalue weighted by atomic mass is 16.5. The molecular weight excluding hydrogens is 322 g/mol. The molecule has 0 spiro atoms. The van der Waals surface area contributed by atoms with Gasteiger partial charge in [-0.15, -0.1) is 0 Å². The van der Waals surface area contributed by atoms with E-state index >= 15 is 0 Å². The number of aryl methyl sites for hydroxylation is 1. The minimum atomic E-state index is -0.313. The molecule has 4 N–H and O–H groups in total. The first-order valence-electron chi connectivity index (χ1n) is 8.22. The van der Waals surface area contributed by atoms with Gasteiger partial charge in [-0.2, -0.15) is 5.10 Å². The number of hydrogen-bond donors (Lipinski definition) is 3. The molecule has 2 heterocycles. The van der Waals surface area contributed by atoms with Crippen LogP contribution < -0.4 is 15.8 Å². The van der Waals surface area contributed by atoms with Crippen molar-refractivity contribution in [2.45, 2.75) is 38.5 Å². The molecule has 3 rings (SSSR count). The molecule has 2 aromatic rings. The van der Waals surface area contributed by atoms with E-state index in [0.29, 0.717) is 24.4 Å². The zero-order valence-electron chi connectivity index (χ0n) is 14.3. The van der Waals surface area contributed by atoms with Gasteiger partial charge < -0.3 is 20.9 Å². The summed E-state index contributed by atoms with van der Waals surface area (Å²) in [6.45, 7) is 1.87. The molecule has 1 aliphatic rings. The van der Waals surface area contributed by atoms with Gasteiger partial charge in [0.25, 0.3) is 0 Å². The van der Waals surface area contributed by atoms with E-state index in [9.17, 15) is 9.90 Å². The Morgan fingerprint density at radius 1 is 1.48 bits per heavy atom. The van der Waals surface area contributed by atoms with E-state index in [1.165, 1.54) is 4.68 Å². The van der Waals surface area contributed by atoms with Crippen LogP contribution in [0.5, 0.6) is 5.75 Å². The van der Waals surface area contributed by atoms with Crippen LogP contribution in [0.15, 0.2) is 24.5 Å². The second-order valence-corrected chi connectivity index (χ2v) is 6.46. The Labute approximate surface area is 146 Å². The molecule has 0 radical (unpaired) electrons. The Balaban J connectivity index is 1.75. The fourth-order valence-corrected chi connectivity index (χ4v) is 3.14. The summed E-state index contributed by atoms with van der Waals surface area (Å²) in [6.07, 6.45) is 4.30. The fraction of sp³-hybridized carbons (Fsp3) is 0.471. The first-order chi connectivity index (χ1) is 12.0. The van der Waals surface area contributed by atoms with Gasteiger partial charge in [0, 0.05) is 12.3 Å². The van der Waals surface area contributed by atoms with Gasteiger partial charge in [0.15, 0.2) is 0 Å². The maximum Gasteiger partial charge on any atom is 0.242 e. The van der Waals surface area contributed by atoms with Crippen LogP contribution in [0, 0.1) is 12.8 Å². The average Bonchev–Trinajstić information content (AvgIpc) is 2.87. The van der Waals surface area contributed by atoms with Gasteiger partial charge >= 0.3 is 0 Å². The molecular formula is C17H23N5O3. The highest BCUT2D eigenvalue weighted by Gasteiger charge is 2.36. The van der Waals surface area contributed by atoms with Gasteiger partial charge in [-0.05, 0) is 37.3 Å². The highest BCUT2D eigenvalue weighted by molar-refractivity contribution is 5.76. The summed E-state index contributed by atoms with van der Waals surface area (Å²) in [6, 6.07) is 3.34. The largest absolute Gasteiger partial charge is 0.495 e. The number of ether oxygens (including phenoxy) is 1. The van der Waals surface area contributed by atoms with Crippen LogP contribution in [0.2, 0.25) is 0 Å². The number of carbonyl (C=O) groups excluding carboxylic acids is 1. The summed E-state index contributed by atoms with van der Waals surface area (Å²) in [5.74, 6) is 1.04. The Morgan fingerprint density at radius 3 is 2.84 bits per heavy atom. The molecule has 0 unspecified atom stereocenters. The number of rotatable bonds is 6. The highest BCUT2D eigenvalue weighted by Crippen LogP contribution is 2.38. The van der Waals surface area contributed by atoms with Crippen molar-refractivity contribution in [1.29, 1.82) is 0 Å². The summed E-state index contributed by atoms with van der Waals surface area (Å²) in [5.41, 5.74) is 7.47. The Hall–Kier alpha value is -2.61. The predicted octanol–water partition coefficient (Wildman–Crippen LogP) is 0.806. The van der Waals surface area contributed by atoms with Crippen LogP contribution >= 0.6 is 0 Å². The lowest BCUT2D eigenvalue weighted by molar-refractivity contribution is -0.123. The second-order valence-electron chi connectivity index (χ2n) is 6.46. The van der Waals surface area contributed by atoms with E-state index in [-0.39, 0.29) is 30.5 Å². The van der Waals surface area contributed by atoms with Crippen LogP contribution in [0.25, 0.3) is 0 Å². The number of nitrogens with one attached hydrogen (secondary N) is 1. The van der Waals surface area contributed by atoms with E-state index in [0.717, 1.165) is 11.3 Å². The standard InChI is InChI=1S/C17H23N5O3/c1-10-3-15(18)22(21-10)9-16(24)20-17(11-4-13(23)5-11)12-6-14(25-2)8-19-7-12/h3,6-8,11,13,17,23H,4-5,9,18H2,1-2H3,(H,20,24)/t11?,13?,17-/m1/s1. The number of aliphatic hydroxyl groups is 1. The topological polar surface area (TPSA) is 115 Å². The number of hydrogen-bond acceptors (Lipinski definition) is 6. The van der Waals surface area contributed by atoms with Crippen molar-refractivity contribution in [2.75, 3.05) is 12.8 Å². The normalized spacial score (nSPS) is 20.6. The van der Waals surface area contributed by atoms with Crippen molar-refractivity contribution in [1.82, 2.24) is 20.1 Å². The maximum atomic E-state index is 12.5. The predicted molar refractivity (Wildman–Crippen MR) is 91.8 cm³/mol. The summed E-state index contributed by atoms with van der Waals surface area (Å²) < 4.78 is 6.69. The van der Waals surface area contributed by atoms with Crippen LogP contribution in [-0.4, -0.2) is 39.0 Å². The zero-order chi connectivity index (χ0) is 18.0. The van der Waals surface area contributed by atoms with Gasteiger partial charge in [-0.3, -0.25) is 9.78 Å². The SMILES string of the molecule is COc1cncc([C@H](NC(=O)Cn2nc(C)cc2N)C2CC(O)C2)c1. The zero-order valence-corrected chi connectivity index (χ0v) is 14.3. The van der Waals surface area contributed by atoms with Crippen molar-refractivity contribution in [3.63, 3.8) is 0 Å². The molecule has 1 atom stereocenters. The molecule has 1 amide bonds. The number of nitrogen functional groups attached to an aromatic ring is 1. The minimum absolute atomic E-state index is 0.0445. The number of carbonyl (C=O) groups is 1. The molecule has 0 aromatic carbocycles. The van der Waals surface area contributed by atoms with E-state index in [4.69, 9.17) is 10.5 Å². The third kappa shape index (κ3) is 3.90. The van der Waals surface area contributed by atoms with Crippen molar-refractivity contribution < 1.29 is 14.6 Å². The lowest BCUT2D eigenvalue weighted by atomic mass is 9.75. The molecule has 134 valence electrons. The third-order valence-corrected chi connectivity index (χ3v) is 4.49. The van der Waals surface area contributed by atoms with Crippen molar-refractivity contribution in [3.8, 4) is 5.75 Å². The number of nitrogens with zero attached hydrogens (tertiary/aromatic N) is 3. The number of anilines is 1. The van der Waals surface area contributed by atoms with Gasteiger partial charge in [0.1, 0.15) is 18.1 Å². The molecule has 0 aliphatic heterocycles. The van der Waals surface area contributed by atoms with E-state index in [2.05, 4.69) is 15.4 Å². The number of pyridine rings is 1. The molecule has 0 bridgehead atoms. The van der Waals surface area contributed by atoms with E-state index in [1.54, 1.807) is 25.6 Å². The summed E-state index contributed by atoms with van der Waals surface area (Å²) in [4.78, 5) is 16.7. The molecule has 8 heteroatoms. The maximum absolute atomic E-state index is 12.5. The summed E-state index contributed by atoms with van der Waals surface area (Å²) >= 11 is 0. The fourth-order valence-electron chi connectivity index (χ4n) is 3.14. The second kappa shape index (κ2) is 7.10. The van der Waals surface area contributed by atoms with Gasteiger partial charge in [-0.1, -0.05) is 0 Å². The molecule has 1 aliphatic carbocycles. The number of aromatic nitrogens is 3. The monoisotopic (exact) mass is 345 g/mol. The Kier molecular flexibility index (Phi) is 4.89. The number of nitrogens with two attached hydrogens (primary N) is 1. The summed E-state index contributed by atoms with van der Waals surface area (Å²) in [5, 5.41) is 16.9. The lowest BCUT2D eigenvalue weighted by Gasteiger charge is -2.38. The average molecular weight is 345 g/mol. The molecule has 0 saturated heterocycles. The quantitative estimate of drug-likeness (QED) is 0.713. The van der Waals surface area contributed by atoms with Gasteiger partial charge in [0.05, 0.1) is 31.1 Å². The molecule has 25 heavy (non-hydrogen) atoms. The number of methoxy groups -OCH3 is 1. The molecule has 2 aromatic heterocycles. The first-order valence-corrected chi connectivity index (χ1v) is 8.22. The van der Waals surface area contributed by atoms with Crippen molar-refractivity contribution >= 4 is 11.7 Å². The van der Waals surface area contributed by atoms with Crippen molar-refractivity contribution in [3.05, 3.63) is 35.8 Å². The number of aliphatic hydroxyl groups excluding tert-OH is 1.